The van der Waals surface area contributed by atoms with Gasteiger partial charge in [0.2, 0.25) is 5.91 Å². The number of hydrogen-bond donors (Lipinski definition) is 1. The zero-order valence-corrected chi connectivity index (χ0v) is 10.8. The van der Waals surface area contributed by atoms with E-state index in [2.05, 4.69) is 0 Å². The maximum absolute atomic E-state index is 11.6. The van der Waals surface area contributed by atoms with E-state index in [1.54, 1.807) is 0 Å². The fraction of sp³-hybridized carbons (Fsp3) is 0.273. The van der Waals surface area contributed by atoms with Crippen LogP contribution in [0.1, 0.15) is 10.4 Å². The lowest BCUT2D eigenvalue weighted by Crippen LogP contribution is -2.32. The Morgan fingerprint density at radius 1 is 1.22 bits per heavy atom. The minimum absolute atomic E-state index is 0.0997. The SMILES string of the molecule is CN(C(=O)CS(C)(=O)=O)c1ccc(C(=O)O)cc1. The minimum Gasteiger partial charge on any atom is -0.478 e. The summed E-state index contributed by atoms with van der Waals surface area (Å²) in [4.78, 5) is 23.4. The normalized spacial score (nSPS) is 11.0. The Morgan fingerprint density at radius 3 is 2.11 bits per heavy atom. The van der Waals surface area contributed by atoms with Crippen molar-refractivity contribution in [2.24, 2.45) is 0 Å². The number of carbonyl (C=O) groups excluding carboxylic acids is 1. The van der Waals surface area contributed by atoms with Crippen LogP contribution in [0.15, 0.2) is 24.3 Å². The Hall–Kier alpha value is -1.89. The van der Waals surface area contributed by atoms with Crippen molar-refractivity contribution in [3.05, 3.63) is 29.8 Å². The van der Waals surface area contributed by atoms with Crippen molar-refractivity contribution in [3.8, 4) is 0 Å². The van der Waals surface area contributed by atoms with Crippen molar-refractivity contribution in [1.29, 1.82) is 0 Å². The third-order valence-corrected chi connectivity index (χ3v) is 3.03. The molecule has 0 unspecified atom stereocenters. The highest BCUT2D eigenvalue weighted by molar-refractivity contribution is 7.91. The molecule has 0 saturated carbocycles. The van der Waals surface area contributed by atoms with Gasteiger partial charge in [0.25, 0.3) is 0 Å². The number of benzene rings is 1. The van der Waals surface area contributed by atoms with Gasteiger partial charge in [0.1, 0.15) is 5.75 Å². The number of sulfone groups is 1. The summed E-state index contributed by atoms with van der Waals surface area (Å²) in [5, 5.41) is 8.72. The molecule has 7 heteroatoms. The summed E-state index contributed by atoms with van der Waals surface area (Å²) in [5.41, 5.74) is 0.538. The van der Waals surface area contributed by atoms with Crippen LogP contribution < -0.4 is 4.90 Å². The molecule has 0 heterocycles. The second kappa shape index (κ2) is 5.18. The number of aromatic carboxylic acids is 1. The lowest BCUT2D eigenvalue weighted by Gasteiger charge is -2.16. The van der Waals surface area contributed by atoms with E-state index >= 15 is 0 Å². The molecule has 1 aromatic carbocycles. The molecular weight excluding hydrogens is 258 g/mol. The average molecular weight is 271 g/mol. The topological polar surface area (TPSA) is 91.8 Å². The molecule has 0 aliphatic rings. The lowest BCUT2D eigenvalue weighted by atomic mass is 10.2. The number of rotatable bonds is 4. The van der Waals surface area contributed by atoms with Gasteiger partial charge in [0.15, 0.2) is 9.84 Å². The first kappa shape index (κ1) is 14.2. The van der Waals surface area contributed by atoms with Gasteiger partial charge in [-0.15, -0.1) is 0 Å². The number of anilines is 1. The summed E-state index contributed by atoms with van der Waals surface area (Å²) in [5.74, 6) is -2.21. The summed E-state index contributed by atoms with van der Waals surface area (Å²) in [6.07, 6.45) is 0.978. The van der Waals surface area contributed by atoms with Crippen LogP contribution in [-0.2, 0) is 14.6 Å². The first-order valence-corrected chi connectivity index (χ1v) is 7.04. The Balaban J connectivity index is 2.87. The summed E-state index contributed by atoms with van der Waals surface area (Å²) >= 11 is 0. The zero-order valence-electron chi connectivity index (χ0n) is 9.95. The second-order valence-electron chi connectivity index (χ2n) is 3.87. The monoisotopic (exact) mass is 271 g/mol. The molecule has 0 bridgehead atoms. The van der Waals surface area contributed by atoms with E-state index in [9.17, 15) is 18.0 Å². The molecule has 0 fully saturated rings. The summed E-state index contributed by atoms with van der Waals surface area (Å²) in [7, 11) is -1.95. The second-order valence-corrected chi connectivity index (χ2v) is 6.02. The fourth-order valence-corrected chi connectivity index (χ4v) is 1.93. The Kier molecular flexibility index (Phi) is 4.07. The highest BCUT2D eigenvalue weighted by Crippen LogP contribution is 2.14. The summed E-state index contributed by atoms with van der Waals surface area (Å²) < 4.78 is 22.0. The number of carboxylic acids is 1. The highest BCUT2D eigenvalue weighted by atomic mass is 32.2. The molecular formula is C11H13NO5S. The van der Waals surface area contributed by atoms with E-state index < -0.39 is 27.5 Å². The maximum Gasteiger partial charge on any atom is 0.335 e. The van der Waals surface area contributed by atoms with Crippen molar-refractivity contribution < 1.29 is 23.1 Å². The Labute approximate surface area is 105 Å². The molecule has 0 aliphatic carbocycles. The predicted octanol–water partition coefficient (Wildman–Crippen LogP) is 0.392. The predicted molar refractivity (Wildman–Crippen MR) is 66.5 cm³/mol. The number of nitrogens with zero attached hydrogens (tertiary/aromatic N) is 1. The van der Waals surface area contributed by atoms with Crippen LogP contribution in [0.5, 0.6) is 0 Å². The van der Waals surface area contributed by atoms with Gasteiger partial charge in [-0.1, -0.05) is 0 Å². The van der Waals surface area contributed by atoms with Crippen molar-refractivity contribution in [1.82, 2.24) is 0 Å². The molecule has 1 N–H and O–H groups in total. The fourth-order valence-electron chi connectivity index (χ4n) is 1.29. The Morgan fingerprint density at radius 2 is 1.72 bits per heavy atom. The molecule has 98 valence electrons. The highest BCUT2D eigenvalue weighted by Gasteiger charge is 2.16. The first-order valence-electron chi connectivity index (χ1n) is 4.98. The lowest BCUT2D eigenvalue weighted by molar-refractivity contribution is -0.115. The van der Waals surface area contributed by atoms with E-state index in [0.717, 1.165) is 6.26 Å². The van der Waals surface area contributed by atoms with Gasteiger partial charge < -0.3 is 10.0 Å². The summed E-state index contributed by atoms with van der Waals surface area (Å²) in [6, 6.07) is 5.59. The first-order chi connectivity index (χ1) is 8.20. The third-order valence-electron chi connectivity index (χ3n) is 2.26. The molecule has 0 aliphatic heterocycles. The van der Waals surface area contributed by atoms with Gasteiger partial charge in [-0.3, -0.25) is 4.79 Å². The standard InChI is InChI=1S/C11H13NO5S/c1-12(10(13)7-18(2,16)17)9-5-3-8(4-6-9)11(14)15/h3-6H,7H2,1-2H3,(H,14,15). The molecule has 1 rings (SSSR count). The number of amides is 1. The van der Waals surface area contributed by atoms with Crippen LogP contribution in [0.25, 0.3) is 0 Å². The van der Waals surface area contributed by atoms with Gasteiger partial charge in [-0.2, -0.15) is 0 Å². The van der Waals surface area contributed by atoms with Crippen molar-refractivity contribution >= 4 is 27.4 Å². The maximum atomic E-state index is 11.6. The molecule has 1 amide bonds. The van der Waals surface area contributed by atoms with Gasteiger partial charge in [-0.05, 0) is 24.3 Å². The van der Waals surface area contributed by atoms with Gasteiger partial charge >= 0.3 is 5.97 Å². The largest absolute Gasteiger partial charge is 0.478 e. The van der Waals surface area contributed by atoms with E-state index in [4.69, 9.17) is 5.11 Å². The van der Waals surface area contributed by atoms with E-state index in [-0.39, 0.29) is 5.56 Å². The van der Waals surface area contributed by atoms with Gasteiger partial charge in [0, 0.05) is 19.0 Å². The molecule has 0 atom stereocenters. The molecule has 0 spiro atoms. The molecule has 1 aromatic rings. The molecule has 6 nitrogen and oxygen atoms in total. The summed E-state index contributed by atoms with van der Waals surface area (Å²) in [6.45, 7) is 0. The number of carbonyl (C=O) groups is 2. The zero-order chi connectivity index (χ0) is 13.9. The van der Waals surface area contributed by atoms with Crippen molar-refractivity contribution in [2.45, 2.75) is 0 Å². The quantitative estimate of drug-likeness (QED) is 0.855. The number of hydrogen-bond acceptors (Lipinski definition) is 4. The van der Waals surface area contributed by atoms with Crippen LogP contribution in [0, 0.1) is 0 Å². The Bertz CT molecular complexity index is 562. The van der Waals surface area contributed by atoms with Gasteiger partial charge in [0.05, 0.1) is 5.56 Å². The molecule has 0 aromatic heterocycles. The average Bonchev–Trinajstić information content (AvgIpc) is 2.26. The van der Waals surface area contributed by atoms with Crippen LogP contribution >= 0.6 is 0 Å². The number of carboxylic acid groups (broad SMARTS) is 1. The molecule has 0 radical (unpaired) electrons. The van der Waals surface area contributed by atoms with Gasteiger partial charge in [-0.25, -0.2) is 13.2 Å². The van der Waals surface area contributed by atoms with Crippen molar-refractivity contribution in [3.63, 3.8) is 0 Å². The van der Waals surface area contributed by atoms with E-state index in [1.807, 2.05) is 0 Å². The molecule has 18 heavy (non-hydrogen) atoms. The smallest absolute Gasteiger partial charge is 0.335 e. The van der Waals surface area contributed by atoms with Crippen LogP contribution in [-0.4, -0.2) is 44.5 Å². The van der Waals surface area contributed by atoms with E-state index in [0.29, 0.717) is 5.69 Å². The van der Waals surface area contributed by atoms with Crippen LogP contribution in [0.2, 0.25) is 0 Å². The minimum atomic E-state index is -3.38. The van der Waals surface area contributed by atoms with E-state index in [1.165, 1.54) is 36.2 Å². The van der Waals surface area contributed by atoms with Crippen LogP contribution in [0.3, 0.4) is 0 Å². The molecule has 0 saturated heterocycles. The third kappa shape index (κ3) is 3.85. The van der Waals surface area contributed by atoms with Crippen LogP contribution in [0.4, 0.5) is 5.69 Å². The van der Waals surface area contributed by atoms with Crippen molar-refractivity contribution in [2.75, 3.05) is 24.0 Å².